The number of nitrogens with one attached hydrogen (secondary N) is 1. The maximum Gasteiger partial charge on any atom is 0.435 e. The molecule has 0 unspecified atom stereocenters. The number of amides is 1. The number of halogens is 4. The van der Waals surface area contributed by atoms with Gasteiger partial charge in [-0.1, -0.05) is 35.9 Å². The predicted molar refractivity (Wildman–Crippen MR) is 124 cm³/mol. The number of nitrogens with zero attached hydrogens (tertiary/aromatic N) is 3. The Morgan fingerprint density at radius 2 is 1.71 bits per heavy atom. The van der Waals surface area contributed by atoms with Gasteiger partial charge in [0, 0.05) is 17.4 Å². The zero-order chi connectivity index (χ0) is 25.4. The zero-order valence-corrected chi connectivity index (χ0v) is 19.5. The van der Waals surface area contributed by atoms with Gasteiger partial charge in [-0.15, -0.1) is 0 Å². The van der Waals surface area contributed by atoms with E-state index in [1.54, 1.807) is 24.3 Å². The first-order chi connectivity index (χ1) is 16.4. The molecule has 12 heteroatoms. The van der Waals surface area contributed by atoms with Crippen molar-refractivity contribution in [2.24, 2.45) is 0 Å². The lowest BCUT2D eigenvalue weighted by molar-refractivity contribution is -0.141. The van der Waals surface area contributed by atoms with Gasteiger partial charge in [0.25, 0.3) is 5.91 Å². The normalized spacial score (nSPS) is 11.9. The summed E-state index contributed by atoms with van der Waals surface area (Å²) in [4.78, 5) is 16.4. The smallest absolute Gasteiger partial charge is 0.321 e. The molecule has 0 aliphatic heterocycles. The monoisotopic (exact) mass is 520 g/mol. The van der Waals surface area contributed by atoms with Gasteiger partial charge in [0.05, 0.1) is 28.3 Å². The maximum absolute atomic E-state index is 13.4. The summed E-state index contributed by atoms with van der Waals surface area (Å²) < 4.78 is 64.2. The van der Waals surface area contributed by atoms with Crippen molar-refractivity contribution in [1.29, 1.82) is 0 Å². The van der Waals surface area contributed by atoms with E-state index in [9.17, 15) is 26.4 Å². The van der Waals surface area contributed by atoms with E-state index in [-0.39, 0.29) is 32.7 Å². The van der Waals surface area contributed by atoms with Gasteiger partial charge in [0.15, 0.2) is 20.6 Å². The van der Waals surface area contributed by atoms with Crippen LogP contribution in [0.25, 0.3) is 16.9 Å². The molecule has 1 amide bonds. The van der Waals surface area contributed by atoms with Crippen LogP contribution in [0.5, 0.6) is 0 Å². The van der Waals surface area contributed by atoms with Gasteiger partial charge in [0.1, 0.15) is 0 Å². The average Bonchev–Trinajstić information content (AvgIpc) is 3.25. The quantitative estimate of drug-likeness (QED) is 0.387. The third-order valence-electron chi connectivity index (χ3n) is 4.90. The first kappa shape index (κ1) is 24.4. The summed E-state index contributed by atoms with van der Waals surface area (Å²) in [7, 11) is -3.47. The van der Waals surface area contributed by atoms with E-state index >= 15 is 0 Å². The van der Waals surface area contributed by atoms with Crippen LogP contribution >= 0.6 is 11.6 Å². The molecular formula is C23H16ClF3N4O3S. The molecule has 7 nitrogen and oxygen atoms in total. The van der Waals surface area contributed by atoms with Gasteiger partial charge in [-0.3, -0.25) is 4.79 Å². The van der Waals surface area contributed by atoms with E-state index in [1.165, 1.54) is 42.6 Å². The van der Waals surface area contributed by atoms with Gasteiger partial charge in [-0.2, -0.15) is 18.3 Å². The van der Waals surface area contributed by atoms with Crippen molar-refractivity contribution in [3.8, 4) is 16.9 Å². The number of carbonyl (C=O) groups is 1. The molecule has 1 N–H and O–H groups in total. The standard InChI is InChI=1S/C23H16ClF3N4O3S/c1-35(33,34)21-11-10-16(13-28-21)29-22(32)15-8-6-14(7-9-15)19-12-20(23(25,26)27)30-31(19)18-5-3-2-4-17(18)24/h2-13H,1H3,(H,29,32). The molecule has 2 aromatic heterocycles. The molecule has 180 valence electrons. The molecule has 0 aliphatic rings. The highest BCUT2D eigenvalue weighted by atomic mass is 35.5. The Hall–Kier alpha value is -3.70. The van der Waals surface area contributed by atoms with Crippen molar-refractivity contribution < 1.29 is 26.4 Å². The number of hydrogen-bond acceptors (Lipinski definition) is 5. The van der Waals surface area contributed by atoms with Crippen LogP contribution < -0.4 is 5.32 Å². The molecule has 0 fully saturated rings. The lowest BCUT2D eigenvalue weighted by Crippen LogP contribution is -2.12. The summed E-state index contributed by atoms with van der Waals surface area (Å²) in [6.45, 7) is 0. The summed E-state index contributed by atoms with van der Waals surface area (Å²) in [5.74, 6) is -0.513. The van der Waals surface area contributed by atoms with Crippen molar-refractivity contribution in [3.63, 3.8) is 0 Å². The van der Waals surface area contributed by atoms with Gasteiger partial charge < -0.3 is 5.32 Å². The summed E-state index contributed by atoms with van der Waals surface area (Å²) in [5, 5.41) is 6.38. The van der Waals surface area contributed by atoms with Crippen LogP contribution in [0, 0.1) is 0 Å². The first-order valence-electron chi connectivity index (χ1n) is 9.93. The van der Waals surface area contributed by atoms with Crippen molar-refractivity contribution in [3.05, 3.63) is 89.2 Å². The molecule has 0 bridgehead atoms. The summed E-state index contributed by atoms with van der Waals surface area (Å²) >= 11 is 6.19. The number of pyridine rings is 1. The molecule has 0 spiro atoms. The molecule has 4 aromatic rings. The zero-order valence-electron chi connectivity index (χ0n) is 17.9. The number of anilines is 1. The lowest BCUT2D eigenvalue weighted by Gasteiger charge is -2.10. The van der Waals surface area contributed by atoms with Crippen molar-refractivity contribution >= 4 is 33.0 Å². The summed E-state index contributed by atoms with van der Waals surface area (Å²) in [6.07, 6.45) is -2.43. The Morgan fingerprint density at radius 3 is 2.29 bits per heavy atom. The lowest BCUT2D eigenvalue weighted by atomic mass is 10.1. The van der Waals surface area contributed by atoms with Gasteiger partial charge >= 0.3 is 6.18 Å². The van der Waals surface area contributed by atoms with E-state index < -0.39 is 27.6 Å². The molecule has 2 aromatic carbocycles. The minimum atomic E-state index is -4.66. The minimum absolute atomic E-state index is 0.131. The van der Waals surface area contributed by atoms with Crippen LogP contribution in [-0.2, 0) is 16.0 Å². The van der Waals surface area contributed by atoms with Crippen LogP contribution in [0.2, 0.25) is 5.02 Å². The van der Waals surface area contributed by atoms with Gasteiger partial charge in [0.2, 0.25) is 0 Å². The second-order valence-corrected chi connectivity index (χ2v) is 9.83. The molecule has 35 heavy (non-hydrogen) atoms. The SMILES string of the molecule is CS(=O)(=O)c1ccc(NC(=O)c2ccc(-c3cc(C(F)(F)F)nn3-c3ccccc3Cl)cc2)cn1. The number of para-hydroxylation sites is 1. The number of sulfone groups is 1. The van der Waals surface area contributed by atoms with Crippen LogP contribution in [0.4, 0.5) is 18.9 Å². The third kappa shape index (κ3) is 5.36. The van der Waals surface area contributed by atoms with Crippen LogP contribution in [0.15, 0.2) is 78.0 Å². The molecular weight excluding hydrogens is 505 g/mol. The number of benzene rings is 2. The average molecular weight is 521 g/mol. The highest BCUT2D eigenvalue weighted by molar-refractivity contribution is 7.90. The van der Waals surface area contributed by atoms with E-state index in [0.29, 0.717) is 5.56 Å². The van der Waals surface area contributed by atoms with Crippen LogP contribution in [-0.4, -0.2) is 35.3 Å². The topological polar surface area (TPSA) is 94.0 Å². The van der Waals surface area contributed by atoms with Gasteiger partial charge in [-0.25, -0.2) is 18.1 Å². The molecule has 0 aliphatic carbocycles. The number of rotatable bonds is 5. The molecule has 0 atom stereocenters. The highest BCUT2D eigenvalue weighted by Crippen LogP contribution is 2.34. The van der Waals surface area contributed by atoms with Crippen LogP contribution in [0.1, 0.15) is 16.1 Å². The van der Waals surface area contributed by atoms with Gasteiger partial charge in [-0.05, 0) is 42.5 Å². The molecule has 0 saturated heterocycles. The Labute approximate surface area is 203 Å². The molecule has 0 saturated carbocycles. The Balaban J connectivity index is 1.63. The fraction of sp³-hybridized carbons (Fsp3) is 0.0870. The van der Waals surface area contributed by atoms with E-state index in [0.717, 1.165) is 17.0 Å². The second kappa shape index (κ2) is 9.16. The number of aromatic nitrogens is 3. The fourth-order valence-corrected chi connectivity index (χ4v) is 3.98. The second-order valence-electron chi connectivity index (χ2n) is 7.46. The van der Waals surface area contributed by atoms with Crippen molar-refractivity contribution in [2.75, 3.05) is 11.6 Å². The Kier molecular flexibility index (Phi) is 6.39. The van der Waals surface area contributed by atoms with Crippen molar-refractivity contribution in [2.45, 2.75) is 11.2 Å². The number of carbonyl (C=O) groups excluding carboxylic acids is 1. The molecule has 2 heterocycles. The summed E-state index contributed by atoms with van der Waals surface area (Å²) in [5.41, 5.74) is 0.200. The molecule has 0 radical (unpaired) electrons. The number of alkyl halides is 3. The Bertz CT molecular complexity index is 1500. The van der Waals surface area contributed by atoms with E-state index in [1.807, 2.05) is 0 Å². The third-order valence-corrected chi connectivity index (χ3v) is 6.22. The van der Waals surface area contributed by atoms with Crippen LogP contribution in [0.3, 0.4) is 0 Å². The van der Waals surface area contributed by atoms with Crippen molar-refractivity contribution in [1.82, 2.24) is 14.8 Å². The highest BCUT2D eigenvalue weighted by Gasteiger charge is 2.35. The fourth-order valence-electron chi connectivity index (χ4n) is 3.20. The van der Waals surface area contributed by atoms with E-state index in [2.05, 4.69) is 15.4 Å². The maximum atomic E-state index is 13.4. The predicted octanol–water partition coefficient (Wildman–Crippen LogP) is 5.26. The molecule has 4 rings (SSSR count). The minimum Gasteiger partial charge on any atom is -0.321 e. The largest absolute Gasteiger partial charge is 0.435 e. The number of hydrogen-bond donors (Lipinski definition) is 1. The first-order valence-corrected chi connectivity index (χ1v) is 12.2. The Morgan fingerprint density at radius 1 is 1.03 bits per heavy atom. The van der Waals surface area contributed by atoms with E-state index in [4.69, 9.17) is 11.6 Å². The summed E-state index contributed by atoms with van der Waals surface area (Å²) in [6, 6.07) is 15.8.